The zero-order chi connectivity index (χ0) is 33.3. The normalized spacial score (nSPS) is 22.4. The highest BCUT2D eigenvalue weighted by atomic mass is 19.4. The summed E-state index contributed by atoms with van der Waals surface area (Å²) in [5, 5.41) is 4.78. The lowest BCUT2D eigenvalue weighted by Gasteiger charge is -2.51. The lowest BCUT2D eigenvalue weighted by Crippen LogP contribution is -2.67. The Hall–Kier alpha value is -4.59. The average Bonchev–Trinajstić information content (AvgIpc) is 3.30. The number of likely N-dealkylation sites (tertiary alicyclic amines) is 1. The van der Waals surface area contributed by atoms with Gasteiger partial charge in [-0.2, -0.15) is 26.3 Å². The second-order valence-electron chi connectivity index (χ2n) is 11.3. The van der Waals surface area contributed by atoms with Gasteiger partial charge >= 0.3 is 24.5 Å². The fourth-order valence-electron chi connectivity index (χ4n) is 5.76. The van der Waals surface area contributed by atoms with Crippen molar-refractivity contribution in [1.82, 2.24) is 15.5 Å². The van der Waals surface area contributed by atoms with Gasteiger partial charge in [0.15, 0.2) is 0 Å². The van der Waals surface area contributed by atoms with Crippen LogP contribution in [0.25, 0.3) is 0 Å². The Balaban J connectivity index is 1.52. The van der Waals surface area contributed by atoms with Crippen molar-refractivity contribution >= 4 is 18.0 Å². The van der Waals surface area contributed by atoms with Gasteiger partial charge < -0.3 is 14.8 Å². The minimum Gasteiger partial charge on any atom is -0.445 e. The Morgan fingerprint density at radius 1 is 0.891 bits per heavy atom. The summed E-state index contributed by atoms with van der Waals surface area (Å²) in [6, 6.07) is 17.7. The molecule has 3 aromatic rings. The van der Waals surface area contributed by atoms with E-state index < -0.39 is 65.3 Å². The summed E-state index contributed by atoms with van der Waals surface area (Å²) >= 11 is 0. The highest BCUT2D eigenvalue weighted by Gasteiger charge is 2.57. The van der Waals surface area contributed by atoms with E-state index in [2.05, 4.69) is 10.6 Å². The van der Waals surface area contributed by atoms with Crippen LogP contribution in [-0.4, -0.2) is 41.6 Å². The third-order valence-corrected chi connectivity index (χ3v) is 8.31. The smallest absolute Gasteiger partial charge is 0.416 e. The zero-order valence-corrected chi connectivity index (χ0v) is 24.4. The molecular formula is C32H29F6N3O5. The first-order valence-corrected chi connectivity index (χ1v) is 14.2. The zero-order valence-electron chi connectivity index (χ0n) is 24.4. The number of alkyl halides is 6. The summed E-state index contributed by atoms with van der Waals surface area (Å²) in [4.78, 5) is 40.2. The first-order chi connectivity index (χ1) is 21.6. The molecule has 14 heteroatoms. The van der Waals surface area contributed by atoms with Crippen molar-refractivity contribution in [2.24, 2.45) is 0 Å². The summed E-state index contributed by atoms with van der Waals surface area (Å²) in [5.41, 5.74) is -5.09. The molecule has 244 valence electrons. The SMILES string of the molecule is C[C@@H](OC[C@@]1(c2ccccc2)CCC2(CN1C(=O)OCc1ccccc1)NC(=O)NC2=O)c1cc(C(F)(F)F)cc(C(F)(F)F)c1. The van der Waals surface area contributed by atoms with Gasteiger partial charge in [0.2, 0.25) is 0 Å². The van der Waals surface area contributed by atoms with Gasteiger partial charge in [-0.05, 0) is 54.7 Å². The molecule has 4 amide bonds. The van der Waals surface area contributed by atoms with Gasteiger partial charge in [0.1, 0.15) is 12.1 Å². The molecule has 2 saturated heterocycles. The molecule has 1 unspecified atom stereocenters. The number of rotatable bonds is 7. The Kier molecular flexibility index (Phi) is 8.77. The molecule has 2 aliphatic rings. The molecule has 0 aliphatic carbocycles. The standard InChI is InChI=1S/C32H29F6N3O5/c1-20(22-14-24(31(33,34)35)16-25(15-22)32(36,37)38)46-19-30(23-10-6-3-7-11-23)13-12-29(26(42)39-27(43)40-29)18-41(30)28(44)45-17-21-8-4-2-5-9-21/h2-11,14-16,20H,12-13,17-19H2,1H3,(H2,39,40,42,43)/t20-,29?,30-/m1/s1. The van der Waals surface area contributed by atoms with Crippen LogP contribution in [0.3, 0.4) is 0 Å². The maximum absolute atomic E-state index is 13.9. The summed E-state index contributed by atoms with van der Waals surface area (Å²) < 4.78 is 93.1. The van der Waals surface area contributed by atoms with E-state index in [1.165, 1.54) is 11.8 Å². The third-order valence-electron chi connectivity index (χ3n) is 8.31. The Morgan fingerprint density at radius 2 is 1.48 bits per heavy atom. The quantitative estimate of drug-likeness (QED) is 0.219. The van der Waals surface area contributed by atoms with E-state index in [4.69, 9.17) is 9.47 Å². The van der Waals surface area contributed by atoms with Crippen molar-refractivity contribution in [3.63, 3.8) is 0 Å². The molecule has 3 aromatic carbocycles. The van der Waals surface area contributed by atoms with Crippen molar-refractivity contribution in [3.05, 3.63) is 107 Å². The number of hydrogen-bond acceptors (Lipinski definition) is 5. The van der Waals surface area contributed by atoms with Crippen LogP contribution in [0, 0.1) is 0 Å². The minimum absolute atomic E-state index is 0.00820. The van der Waals surface area contributed by atoms with Crippen molar-refractivity contribution in [1.29, 1.82) is 0 Å². The van der Waals surface area contributed by atoms with Gasteiger partial charge in [0.25, 0.3) is 5.91 Å². The number of carbonyl (C=O) groups excluding carboxylic acids is 3. The van der Waals surface area contributed by atoms with Crippen molar-refractivity contribution < 1.29 is 50.2 Å². The van der Waals surface area contributed by atoms with Crippen LogP contribution in [0.1, 0.15) is 53.7 Å². The molecule has 2 heterocycles. The van der Waals surface area contributed by atoms with Crippen LogP contribution in [0.2, 0.25) is 0 Å². The molecule has 0 radical (unpaired) electrons. The molecule has 5 rings (SSSR count). The minimum atomic E-state index is -5.05. The molecule has 2 aliphatic heterocycles. The molecule has 3 atom stereocenters. The highest BCUT2D eigenvalue weighted by Crippen LogP contribution is 2.44. The molecule has 46 heavy (non-hydrogen) atoms. The van der Waals surface area contributed by atoms with Crippen LogP contribution in [0.4, 0.5) is 35.9 Å². The lowest BCUT2D eigenvalue weighted by molar-refractivity contribution is -0.143. The number of benzene rings is 3. The van der Waals surface area contributed by atoms with Gasteiger partial charge in [-0.3, -0.25) is 15.0 Å². The second kappa shape index (κ2) is 12.3. The van der Waals surface area contributed by atoms with E-state index in [0.717, 1.165) is 0 Å². The fourth-order valence-corrected chi connectivity index (χ4v) is 5.76. The first-order valence-electron chi connectivity index (χ1n) is 14.2. The van der Waals surface area contributed by atoms with Crippen molar-refractivity contribution in [2.75, 3.05) is 13.2 Å². The summed E-state index contributed by atoms with van der Waals surface area (Å²) in [6.07, 6.45) is -12.2. The number of halogens is 6. The van der Waals surface area contributed by atoms with Gasteiger partial charge in [0.05, 0.1) is 35.9 Å². The fraction of sp³-hybridized carbons (Fsp3) is 0.344. The van der Waals surface area contributed by atoms with Crippen molar-refractivity contribution in [2.45, 2.75) is 55.9 Å². The average molecular weight is 650 g/mol. The van der Waals surface area contributed by atoms with Crippen molar-refractivity contribution in [3.8, 4) is 0 Å². The summed E-state index contributed by atoms with van der Waals surface area (Å²) in [5.74, 6) is -0.655. The predicted molar refractivity (Wildman–Crippen MR) is 151 cm³/mol. The van der Waals surface area contributed by atoms with E-state index in [-0.39, 0.29) is 37.6 Å². The number of nitrogens with zero attached hydrogens (tertiary/aromatic N) is 1. The predicted octanol–water partition coefficient (Wildman–Crippen LogP) is 6.71. The molecular weight excluding hydrogens is 620 g/mol. The Labute approximate surface area is 259 Å². The van der Waals surface area contributed by atoms with E-state index >= 15 is 0 Å². The van der Waals surface area contributed by atoms with Crippen LogP contribution >= 0.6 is 0 Å². The number of piperidine rings is 1. The van der Waals surface area contributed by atoms with Gasteiger partial charge in [-0.1, -0.05) is 60.7 Å². The topological polar surface area (TPSA) is 97.0 Å². The summed E-state index contributed by atoms with van der Waals surface area (Å²) in [6.45, 7) is 0.407. The lowest BCUT2D eigenvalue weighted by atomic mass is 9.74. The van der Waals surface area contributed by atoms with E-state index in [9.17, 15) is 40.7 Å². The number of nitrogens with one attached hydrogen (secondary N) is 2. The molecule has 2 fully saturated rings. The summed E-state index contributed by atoms with van der Waals surface area (Å²) in [7, 11) is 0. The first kappa shape index (κ1) is 32.8. The van der Waals surface area contributed by atoms with Gasteiger partial charge in [-0.15, -0.1) is 0 Å². The number of imide groups is 1. The van der Waals surface area contributed by atoms with E-state index in [1.807, 2.05) is 0 Å². The maximum atomic E-state index is 13.9. The number of hydrogen-bond donors (Lipinski definition) is 2. The number of ether oxygens (including phenoxy) is 2. The van der Waals surface area contributed by atoms with E-state index in [0.29, 0.717) is 23.3 Å². The van der Waals surface area contributed by atoms with Gasteiger partial charge in [-0.25, -0.2) is 9.59 Å². The van der Waals surface area contributed by atoms with Crippen LogP contribution in [0.15, 0.2) is 78.9 Å². The molecule has 0 saturated carbocycles. The molecule has 0 aromatic heterocycles. The molecule has 0 bridgehead atoms. The van der Waals surface area contributed by atoms with Crippen LogP contribution in [-0.2, 0) is 38.8 Å². The number of carbonyl (C=O) groups is 3. The maximum Gasteiger partial charge on any atom is 0.416 e. The Morgan fingerprint density at radius 3 is 2.02 bits per heavy atom. The molecule has 1 spiro atoms. The third kappa shape index (κ3) is 6.66. The highest BCUT2D eigenvalue weighted by molar-refractivity contribution is 6.07. The van der Waals surface area contributed by atoms with Crippen LogP contribution < -0.4 is 10.6 Å². The van der Waals surface area contributed by atoms with E-state index in [1.54, 1.807) is 60.7 Å². The van der Waals surface area contributed by atoms with Gasteiger partial charge in [0, 0.05) is 0 Å². The number of urea groups is 1. The van der Waals surface area contributed by atoms with Crippen LogP contribution in [0.5, 0.6) is 0 Å². The molecule has 2 N–H and O–H groups in total. The largest absolute Gasteiger partial charge is 0.445 e. The second-order valence-corrected chi connectivity index (χ2v) is 11.3. The molecule has 8 nitrogen and oxygen atoms in total. The number of amides is 4. The Bertz CT molecular complexity index is 1570. The monoisotopic (exact) mass is 649 g/mol.